The summed E-state index contributed by atoms with van der Waals surface area (Å²) < 4.78 is 34.7. The van der Waals surface area contributed by atoms with Gasteiger partial charge in [-0.25, -0.2) is 19.2 Å². The van der Waals surface area contributed by atoms with Crippen molar-refractivity contribution in [3.63, 3.8) is 0 Å². The number of carbonyl (C=O) groups excluding carboxylic acids is 4. The monoisotopic (exact) mass is 822 g/mol. The molecule has 0 aromatic heterocycles. The maximum atomic E-state index is 12.5. The molecule has 4 rings (SSSR count). The third-order valence-electron chi connectivity index (χ3n) is 8.68. The molecule has 4 aromatic carbocycles. The van der Waals surface area contributed by atoms with Crippen LogP contribution in [0, 0.1) is 0 Å². The van der Waals surface area contributed by atoms with Gasteiger partial charge in [0.1, 0.15) is 24.2 Å². The zero-order valence-corrected chi connectivity index (χ0v) is 35.7. The van der Waals surface area contributed by atoms with Crippen molar-refractivity contribution in [2.24, 2.45) is 0 Å². The maximum absolute atomic E-state index is 12.5. The van der Waals surface area contributed by atoms with Crippen molar-refractivity contribution in [1.82, 2.24) is 0 Å². The van der Waals surface area contributed by atoms with Crippen LogP contribution in [0.2, 0.25) is 0 Å². The molecule has 0 aliphatic rings. The SMILES string of the molecule is C=C(C)COc1cc(/C=C/c2ccc(OC(=O)C(=C)C)c(OC(=O)C(=C)C)c2)c(OC(C)C(=C)C)cc1-c1ccc(-c2ccc(OC(=O)C(=C)C)c(OC(=O)C(=C)C)c2)cc1. The smallest absolute Gasteiger partial charge is 0.338 e. The molecule has 0 fully saturated rings. The van der Waals surface area contributed by atoms with E-state index in [9.17, 15) is 19.2 Å². The van der Waals surface area contributed by atoms with Gasteiger partial charge in [0.2, 0.25) is 0 Å². The second-order valence-electron chi connectivity index (χ2n) is 14.7. The van der Waals surface area contributed by atoms with E-state index in [-0.39, 0.29) is 58.0 Å². The first-order valence-electron chi connectivity index (χ1n) is 19.1. The van der Waals surface area contributed by atoms with Gasteiger partial charge in [-0.15, -0.1) is 0 Å². The molecule has 61 heavy (non-hydrogen) atoms. The number of carbonyl (C=O) groups is 4. The summed E-state index contributed by atoms with van der Waals surface area (Å²) in [5.41, 5.74) is 6.57. The lowest BCUT2D eigenvalue weighted by Gasteiger charge is -2.20. The number of hydrogen-bond acceptors (Lipinski definition) is 10. The van der Waals surface area contributed by atoms with E-state index in [1.165, 1.54) is 33.8 Å². The molecule has 0 amide bonds. The van der Waals surface area contributed by atoms with E-state index in [1.807, 2.05) is 63.2 Å². The fourth-order valence-electron chi connectivity index (χ4n) is 5.07. The lowest BCUT2D eigenvalue weighted by atomic mass is 9.97. The predicted octanol–water partition coefficient (Wildman–Crippen LogP) is 11.4. The molecule has 0 aliphatic carbocycles. The Bertz CT molecular complexity index is 2500. The number of benzene rings is 4. The first-order valence-corrected chi connectivity index (χ1v) is 19.1. The minimum absolute atomic E-state index is 0.0210. The number of rotatable bonds is 18. The van der Waals surface area contributed by atoms with Gasteiger partial charge in [0.15, 0.2) is 23.0 Å². The Morgan fingerprint density at radius 1 is 0.508 bits per heavy atom. The van der Waals surface area contributed by atoms with Crippen molar-refractivity contribution in [1.29, 1.82) is 0 Å². The largest absolute Gasteiger partial charge is 0.489 e. The fourth-order valence-corrected chi connectivity index (χ4v) is 5.07. The van der Waals surface area contributed by atoms with Crippen LogP contribution in [0.3, 0.4) is 0 Å². The van der Waals surface area contributed by atoms with Gasteiger partial charge in [-0.3, -0.25) is 0 Å². The second-order valence-corrected chi connectivity index (χ2v) is 14.7. The summed E-state index contributed by atoms with van der Waals surface area (Å²) in [7, 11) is 0. The molecule has 10 heteroatoms. The molecule has 0 saturated heterocycles. The lowest BCUT2D eigenvalue weighted by Crippen LogP contribution is -2.13. The Kier molecular flexibility index (Phi) is 15.5. The summed E-state index contributed by atoms with van der Waals surface area (Å²) in [6.07, 6.45) is 3.26. The van der Waals surface area contributed by atoms with Crippen LogP contribution in [0.4, 0.5) is 0 Å². The third kappa shape index (κ3) is 12.8. The van der Waals surface area contributed by atoms with Crippen LogP contribution in [-0.2, 0) is 19.2 Å². The van der Waals surface area contributed by atoms with Gasteiger partial charge in [0.05, 0.1) is 0 Å². The standard InChI is InChI=1S/C51H50O10/c1-29(2)28-56-45-26-40(16-14-36-15-22-42(58-48(52)31(5)6)46(24-36)60-50(54)33(9)10)44(57-35(13)30(3)4)27-41(45)38-19-17-37(18-20-38)39-21-23-43(59-49(53)32(7)8)47(25-39)61-51(55)34(11)12/h14-27,35H,1,3,5,7,9,11,28H2,2,4,6,8,10,12-13H3/b16-14+. The highest BCUT2D eigenvalue weighted by atomic mass is 16.6. The van der Waals surface area contributed by atoms with Crippen LogP contribution >= 0.6 is 0 Å². The third-order valence-corrected chi connectivity index (χ3v) is 8.68. The van der Waals surface area contributed by atoms with E-state index >= 15 is 0 Å². The van der Waals surface area contributed by atoms with Crippen molar-refractivity contribution in [2.75, 3.05) is 6.61 Å². The molecule has 1 atom stereocenters. The zero-order chi connectivity index (χ0) is 45.1. The average molecular weight is 823 g/mol. The lowest BCUT2D eigenvalue weighted by molar-refractivity contribution is -0.132. The Hall–Kier alpha value is -7.46. The first-order chi connectivity index (χ1) is 28.7. The molecule has 0 N–H and O–H groups in total. The fraction of sp³-hybridized carbons (Fsp3) is 0.176. The summed E-state index contributed by atoms with van der Waals surface area (Å²) >= 11 is 0. The molecule has 4 aromatic rings. The molecule has 1 unspecified atom stereocenters. The quantitative estimate of drug-likeness (QED) is 0.0315. The minimum Gasteiger partial charge on any atom is -0.489 e. The van der Waals surface area contributed by atoms with Gasteiger partial charge < -0.3 is 28.4 Å². The van der Waals surface area contributed by atoms with Gasteiger partial charge in [-0.05, 0) is 118 Å². The van der Waals surface area contributed by atoms with Crippen molar-refractivity contribution in [3.05, 3.63) is 157 Å². The number of esters is 4. The van der Waals surface area contributed by atoms with Gasteiger partial charge in [-0.2, -0.15) is 0 Å². The zero-order valence-electron chi connectivity index (χ0n) is 35.7. The van der Waals surface area contributed by atoms with E-state index in [1.54, 1.807) is 36.4 Å². The molecular weight excluding hydrogens is 773 g/mol. The van der Waals surface area contributed by atoms with Crippen molar-refractivity contribution >= 4 is 36.0 Å². The Morgan fingerprint density at radius 3 is 1.46 bits per heavy atom. The number of ether oxygens (including phenoxy) is 6. The van der Waals surface area contributed by atoms with Gasteiger partial charge >= 0.3 is 23.9 Å². The Morgan fingerprint density at radius 2 is 0.967 bits per heavy atom. The summed E-state index contributed by atoms with van der Waals surface area (Å²) in [5.74, 6) is -1.46. The molecule has 314 valence electrons. The molecule has 0 spiro atoms. The van der Waals surface area contributed by atoms with E-state index in [0.717, 1.165) is 27.8 Å². The highest BCUT2D eigenvalue weighted by molar-refractivity contribution is 5.93. The van der Waals surface area contributed by atoms with E-state index in [2.05, 4.69) is 39.5 Å². The Labute approximate surface area is 357 Å². The topological polar surface area (TPSA) is 124 Å². The maximum Gasteiger partial charge on any atom is 0.338 e. The molecule has 0 aliphatic heterocycles. The second kappa shape index (κ2) is 20.5. The molecule has 0 heterocycles. The summed E-state index contributed by atoms with van der Waals surface area (Å²) in [6, 6.07) is 21.1. The number of hydrogen-bond donors (Lipinski definition) is 0. The van der Waals surface area contributed by atoms with E-state index in [4.69, 9.17) is 28.4 Å². The molecule has 0 radical (unpaired) electrons. The van der Waals surface area contributed by atoms with Crippen molar-refractivity contribution < 1.29 is 47.6 Å². The summed E-state index contributed by atoms with van der Waals surface area (Å²) in [5, 5.41) is 0. The molecular formula is C51H50O10. The van der Waals surface area contributed by atoms with Crippen LogP contribution in [0.15, 0.2) is 146 Å². The summed E-state index contributed by atoms with van der Waals surface area (Å²) in [4.78, 5) is 49.7. The Balaban J connectivity index is 1.81. The summed E-state index contributed by atoms with van der Waals surface area (Å²) in [6.45, 7) is 34.6. The minimum atomic E-state index is -0.686. The van der Waals surface area contributed by atoms with Crippen LogP contribution < -0.4 is 28.4 Å². The average Bonchev–Trinajstić information content (AvgIpc) is 3.20. The first kappa shape index (κ1) is 46.2. The molecule has 0 bridgehead atoms. The highest BCUT2D eigenvalue weighted by Gasteiger charge is 2.20. The van der Waals surface area contributed by atoms with E-state index in [0.29, 0.717) is 28.2 Å². The van der Waals surface area contributed by atoms with Gasteiger partial charge in [-0.1, -0.05) is 88.0 Å². The van der Waals surface area contributed by atoms with Crippen LogP contribution in [-0.4, -0.2) is 36.6 Å². The molecule has 10 nitrogen and oxygen atoms in total. The van der Waals surface area contributed by atoms with Crippen molar-refractivity contribution in [2.45, 2.75) is 54.6 Å². The van der Waals surface area contributed by atoms with Crippen LogP contribution in [0.5, 0.6) is 34.5 Å². The normalized spacial score (nSPS) is 11.1. The van der Waals surface area contributed by atoms with E-state index < -0.39 is 23.9 Å². The van der Waals surface area contributed by atoms with Crippen LogP contribution in [0.25, 0.3) is 34.4 Å². The van der Waals surface area contributed by atoms with Gasteiger partial charge in [0.25, 0.3) is 0 Å². The highest BCUT2D eigenvalue weighted by Crippen LogP contribution is 2.40. The molecule has 0 saturated carbocycles. The van der Waals surface area contributed by atoms with Gasteiger partial charge in [0, 0.05) is 33.4 Å². The van der Waals surface area contributed by atoms with Crippen LogP contribution in [0.1, 0.15) is 59.6 Å². The predicted molar refractivity (Wildman–Crippen MR) is 240 cm³/mol. The van der Waals surface area contributed by atoms with Crippen molar-refractivity contribution in [3.8, 4) is 56.8 Å².